The van der Waals surface area contributed by atoms with E-state index in [0.29, 0.717) is 11.5 Å². The third kappa shape index (κ3) is 3.86. The van der Waals surface area contributed by atoms with Crippen LogP contribution in [-0.4, -0.2) is 25.5 Å². The number of hydrogen-bond donors (Lipinski definition) is 0. The van der Waals surface area contributed by atoms with Crippen LogP contribution in [0.15, 0.2) is 53.1 Å². The van der Waals surface area contributed by atoms with E-state index in [9.17, 15) is 9.59 Å². The number of ketones is 1. The van der Waals surface area contributed by atoms with E-state index < -0.39 is 0 Å². The Labute approximate surface area is 155 Å². The molecule has 0 aliphatic rings. The zero-order chi connectivity index (χ0) is 18.5. The highest BCUT2D eigenvalue weighted by atomic mass is 32.1. The second kappa shape index (κ2) is 8.01. The Morgan fingerprint density at radius 3 is 2.54 bits per heavy atom. The second-order valence-electron chi connectivity index (χ2n) is 5.48. The minimum absolute atomic E-state index is 0.108. The Hall–Kier alpha value is -2.86. The summed E-state index contributed by atoms with van der Waals surface area (Å²) in [6, 6.07) is 12.5. The first-order valence-electron chi connectivity index (χ1n) is 8.13. The van der Waals surface area contributed by atoms with E-state index in [-0.39, 0.29) is 23.9 Å². The van der Waals surface area contributed by atoms with Crippen molar-refractivity contribution in [3.05, 3.63) is 64.9 Å². The molecule has 0 atom stereocenters. The van der Waals surface area contributed by atoms with Crippen molar-refractivity contribution in [2.75, 3.05) is 13.7 Å². The molecule has 6 heteroatoms. The molecule has 2 heterocycles. The number of benzene rings is 1. The van der Waals surface area contributed by atoms with Crippen LogP contribution in [0.25, 0.3) is 10.4 Å². The van der Waals surface area contributed by atoms with Gasteiger partial charge >= 0.3 is 5.97 Å². The molecule has 0 N–H and O–H groups in total. The molecule has 3 aromatic rings. The van der Waals surface area contributed by atoms with E-state index in [1.165, 1.54) is 17.6 Å². The molecule has 0 radical (unpaired) electrons. The van der Waals surface area contributed by atoms with Crippen molar-refractivity contribution in [2.24, 2.45) is 0 Å². The smallest absolute Gasteiger partial charge is 0.310 e. The molecule has 3 rings (SSSR count). The number of thiophene rings is 1. The first kappa shape index (κ1) is 17.9. The van der Waals surface area contributed by atoms with Crippen LogP contribution in [0.5, 0.6) is 5.75 Å². The Balaban J connectivity index is 1.99. The maximum absolute atomic E-state index is 12.6. The topological polar surface area (TPSA) is 65.7 Å². The molecule has 0 unspecified atom stereocenters. The van der Waals surface area contributed by atoms with Gasteiger partial charge in [-0.2, -0.15) is 0 Å². The Kier molecular flexibility index (Phi) is 5.53. The quantitative estimate of drug-likeness (QED) is 0.457. The van der Waals surface area contributed by atoms with Crippen LogP contribution in [-0.2, 0) is 16.0 Å². The van der Waals surface area contributed by atoms with Gasteiger partial charge in [0, 0.05) is 4.88 Å². The van der Waals surface area contributed by atoms with Crippen molar-refractivity contribution < 1.29 is 23.5 Å². The number of furan rings is 1. The summed E-state index contributed by atoms with van der Waals surface area (Å²) in [5.74, 6) is 0.487. The third-order valence-electron chi connectivity index (χ3n) is 3.77. The maximum atomic E-state index is 12.6. The van der Waals surface area contributed by atoms with Crippen molar-refractivity contribution in [1.29, 1.82) is 0 Å². The number of carbonyl (C=O) groups is 2. The van der Waals surface area contributed by atoms with Gasteiger partial charge in [0.2, 0.25) is 5.78 Å². The summed E-state index contributed by atoms with van der Waals surface area (Å²) in [6.45, 7) is 2.08. The van der Waals surface area contributed by atoms with Gasteiger partial charge in [0.05, 0.1) is 31.3 Å². The molecule has 0 aliphatic heterocycles. The average Bonchev–Trinajstić information content (AvgIpc) is 3.31. The molecule has 0 bridgehead atoms. The molecule has 0 aliphatic carbocycles. The monoisotopic (exact) mass is 370 g/mol. The van der Waals surface area contributed by atoms with Gasteiger partial charge in [-0.1, -0.05) is 0 Å². The SMILES string of the molecule is CCOC(=O)Cc1cc(C(=O)c2ccco2)sc1-c1ccc(OC)cc1. The highest BCUT2D eigenvalue weighted by molar-refractivity contribution is 7.17. The number of esters is 1. The number of hydrogen-bond acceptors (Lipinski definition) is 6. The lowest BCUT2D eigenvalue weighted by atomic mass is 10.1. The van der Waals surface area contributed by atoms with Gasteiger partial charge in [0.25, 0.3) is 0 Å². The molecule has 5 nitrogen and oxygen atoms in total. The predicted molar refractivity (Wildman–Crippen MR) is 98.8 cm³/mol. The molecule has 0 amide bonds. The first-order chi connectivity index (χ1) is 12.6. The number of carbonyl (C=O) groups excluding carboxylic acids is 2. The first-order valence-corrected chi connectivity index (χ1v) is 8.95. The molecule has 26 heavy (non-hydrogen) atoms. The second-order valence-corrected chi connectivity index (χ2v) is 6.53. The zero-order valence-electron chi connectivity index (χ0n) is 14.5. The minimum Gasteiger partial charge on any atom is -0.497 e. The Morgan fingerprint density at radius 1 is 1.15 bits per heavy atom. The van der Waals surface area contributed by atoms with Crippen molar-refractivity contribution in [1.82, 2.24) is 0 Å². The molecule has 0 spiro atoms. The van der Waals surface area contributed by atoms with Crippen molar-refractivity contribution in [3.8, 4) is 16.2 Å². The predicted octanol–water partition coefficient (Wildman–Crippen LogP) is 4.35. The summed E-state index contributed by atoms with van der Waals surface area (Å²) in [5, 5.41) is 0. The molecule has 0 fully saturated rings. The summed E-state index contributed by atoms with van der Waals surface area (Å²) >= 11 is 1.33. The van der Waals surface area contributed by atoms with E-state index in [2.05, 4.69) is 0 Å². The van der Waals surface area contributed by atoms with Crippen LogP contribution in [0.2, 0.25) is 0 Å². The van der Waals surface area contributed by atoms with E-state index in [1.807, 2.05) is 24.3 Å². The van der Waals surface area contributed by atoms with Gasteiger partial charge in [0.1, 0.15) is 5.75 Å². The molecule has 2 aromatic heterocycles. The van der Waals surface area contributed by atoms with Gasteiger partial charge < -0.3 is 13.9 Å². The summed E-state index contributed by atoms with van der Waals surface area (Å²) in [5.41, 5.74) is 1.67. The molecule has 0 saturated heterocycles. The summed E-state index contributed by atoms with van der Waals surface area (Å²) in [4.78, 5) is 25.9. The van der Waals surface area contributed by atoms with Crippen molar-refractivity contribution in [3.63, 3.8) is 0 Å². The minimum atomic E-state index is -0.322. The highest BCUT2D eigenvalue weighted by Gasteiger charge is 2.21. The number of methoxy groups -OCH3 is 1. The fraction of sp³-hybridized carbons (Fsp3) is 0.200. The summed E-state index contributed by atoms with van der Waals surface area (Å²) in [7, 11) is 1.60. The van der Waals surface area contributed by atoms with E-state index in [4.69, 9.17) is 13.9 Å². The van der Waals surface area contributed by atoms with E-state index in [1.54, 1.807) is 32.2 Å². The van der Waals surface area contributed by atoms with Crippen LogP contribution < -0.4 is 4.74 Å². The molecule has 1 aromatic carbocycles. The standard InChI is InChI=1S/C20H18O5S/c1-3-24-18(21)12-14-11-17(19(22)16-5-4-10-25-16)26-20(14)13-6-8-15(23-2)9-7-13/h4-11H,3,12H2,1-2H3. The fourth-order valence-electron chi connectivity index (χ4n) is 2.56. The summed E-state index contributed by atoms with van der Waals surface area (Å²) in [6.07, 6.45) is 1.57. The largest absolute Gasteiger partial charge is 0.497 e. The van der Waals surface area contributed by atoms with Gasteiger partial charge in [-0.25, -0.2) is 0 Å². The van der Waals surface area contributed by atoms with E-state index in [0.717, 1.165) is 21.8 Å². The van der Waals surface area contributed by atoms with Crippen LogP contribution in [0.1, 0.15) is 27.9 Å². The molecular formula is C20H18O5S. The highest BCUT2D eigenvalue weighted by Crippen LogP contribution is 2.35. The van der Waals surface area contributed by atoms with Crippen molar-refractivity contribution in [2.45, 2.75) is 13.3 Å². The Morgan fingerprint density at radius 2 is 1.92 bits per heavy atom. The number of ether oxygens (including phenoxy) is 2. The maximum Gasteiger partial charge on any atom is 0.310 e. The number of rotatable bonds is 7. The van der Waals surface area contributed by atoms with Gasteiger partial charge in [-0.15, -0.1) is 11.3 Å². The third-order valence-corrected chi connectivity index (χ3v) is 5.00. The van der Waals surface area contributed by atoms with Gasteiger partial charge in [-0.3, -0.25) is 9.59 Å². The normalized spacial score (nSPS) is 10.5. The van der Waals surface area contributed by atoms with Crippen LogP contribution >= 0.6 is 11.3 Å². The van der Waals surface area contributed by atoms with E-state index >= 15 is 0 Å². The van der Waals surface area contributed by atoms with Crippen molar-refractivity contribution >= 4 is 23.1 Å². The van der Waals surface area contributed by atoms with Crippen LogP contribution in [0.4, 0.5) is 0 Å². The van der Waals surface area contributed by atoms with Gasteiger partial charge in [-0.05, 0) is 60.5 Å². The average molecular weight is 370 g/mol. The molecule has 0 saturated carbocycles. The lowest BCUT2D eigenvalue weighted by Gasteiger charge is -2.05. The van der Waals surface area contributed by atoms with Crippen LogP contribution in [0, 0.1) is 0 Å². The zero-order valence-corrected chi connectivity index (χ0v) is 15.3. The lowest BCUT2D eigenvalue weighted by Crippen LogP contribution is -2.07. The Bertz CT molecular complexity index is 891. The fourth-order valence-corrected chi connectivity index (χ4v) is 3.69. The summed E-state index contributed by atoms with van der Waals surface area (Å²) < 4.78 is 15.4. The lowest BCUT2D eigenvalue weighted by molar-refractivity contribution is -0.142. The molecule has 134 valence electrons. The van der Waals surface area contributed by atoms with Crippen LogP contribution in [0.3, 0.4) is 0 Å². The molecular weight excluding hydrogens is 352 g/mol. The van der Waals surface area contributed by atoms with Gasteiger partial charge in [0.15, 0.2) is 5.76 Å².